The maximum atomic E-state index is 5.51. The van der Waals surface area contributed by atoms with Crippen molar-refractivity contribution in [3.63, 3.8) is 0 Å². The number of hydrogen-bond acceptors (Lipinski definition) is 4. The predicted octanol–water partition coefficient (Wildman–Crippen LogP) is 0.996. The molecule has 1 aromatic carbocycles. The topological polar surface area (TPSA) is 66.0 Å². The second-order valence-corrected chi connectivity index (χ2v) is 3.12. The van der Waals surface area contributed by atoms with Gasteiger partial charge < -0.3 is 10.5 Å². The zero-order chi connectivity index (χ0) is 10.7. The van der Waals surface area contributed by atoms with Gasteiger partial charge in [-0.2, -0.15) is 5.10 Å². The summed E-state index contributed by atoms with van der Waals surface area (Å²) in [5.41, 5.74) is 7.42. The Morgan fingerprint density at radius 2 is 2.20 bits per heavy atom. The molecule has 0 saturated carbocycles. The van der Waals surface area contributed by atoms with E-state index in [0.717, 1.165) is 11.3 Å². The van der Waals surface area contributed by atoms with Crippen molar-refractivity contribution in [1.29, 1.82) is 0 Å². The first-order valence-corrected chi connectivity index (χ1v) is 4.56. The molecule has 2 rings (SSSR count). The Balaban J connectivity index is 2.42. The summed E-state index contributed by atoms with van der Waals surface area (Å²) in [6, 6.07) is 7.77. The number of rotatable bonds is 3. The quantitative estimate of drug-likeness (QED) is 0.809. The summed E-state index contributed by atoms with van der Waals surface area (Å²) in [5, 5.41) is 8.11. The van der Waals surface area contributed by atoms with Gasteiger partial charge in [-0.05, 0) is 6.07 Å². The van der Waals surface area contributed by atoms with Crippen LogP contribution >= 0.6 is 0 Å². The first-order chi connectivity index (χ1) is 7.31. The van der Waals surface area contributed by atoms with Crippen molar-refractivity contribution in [3.8, 4) is 5.69 Å². The summed E-state index contributed by atoms with van der Waals surface area (Å²) in [7, 11) is 1.65. The highest BCUT2D eigenvalue weighted by Gasteiger charge is 2.05. The van der Waals surface area contributed by atoms with Crippen molar-refractivity contribution in [2.45, 2.75) is 6.61 Å². The highest BCUT2D eigenvalue weighted by Crippen LogP contribution is 2.13. The van der Waals surface area contributed by atoms with Gasteiger partial charge in [-0.1, -0.05) is 18.2 Å². The molecule has 0 aliphatic rings. The third-order valence-electron chi connectivity index (χ3n) is 2.02. The Kier molecular flexibility index (Phi) is 2.64. The van der Waals surface area contributed by atoms with Crippen molar-refractivity contribution in [2.24, 2.45) is 0 Å². The maximum Gasteiger partial charge on any atom is 0.166 e. The van der Waals surface area contributed by atoms with Gasteiger partial charge in [0, 0.05) is 12.7 Å². The molecule has 0 bridgehead atoms. The lowest BCUT2D eigenvalue weighted by molar-refractivity contribution is 0.184. The van der Waals surface area contributed by atoms with Crippen molar-refractivity contribution in [3.05, 3.63) is 36.0 Å². The molecule has 5 nitrogen and oxygen atoms in total. The molecule has 0 radical (unpaired) electrons. The van der Waals surface area contributed by atoms with Gasteiger partial charge in [0.25, 0.3) is 0 Å². The minimum Gasteiger partial charge on any atom is -0.381 e. The standard InChI is InChI=1S/C10H12N4O/c1-15-7-8-4-2-3-5-9(8)14-12-6-10(11)13-14/h2-6H,7H2,1H3,(H2,11,13). The average molecular weight is 204 g/mol. The van der Waals surface area contributed by atoms with Gasteiger partial charge in [0.2, 0.25) is 0 Å². The number of nitrogens with zero attached hydrogens (tertiary/aromatic N) is 3. The molecule has 1 aromatic heterocycles. The number of nitrogens with two attached hydrogens (primary N) is 1. The minimum absolute atomic E-state index is 0.405. The number of anilines is 1. The Labute approximate surface area is 87.5 Å². The Morgan fingerprint density at radius 3 is 2.87 bits per heavy atom. The summed E-state index contributed by atoms with van der Waals surface area (Å²) in [4.78, 5) is 1.50. The van der Waals surface area contributed by atoms with E-state index in [0.29, 0.717) is 12.4 Å². The van der Waals surface area contributed by atoms with E-state index in [4.69, 9.17) is 10.5 Å². The second-order valence-electron chi connectivity index (χ2n) is 3.12. The normalized spacial score (nSPS) is 10.5. The Hall–Kier alpha value is -1.88. The summed E-state index contributed by atoms with van der Waals surface area (Å²) in [6.07, 6.45) is 1.52. The minimum atomic E-state index is 0.405. The fourth-order valence-corrected chi connectivity index (χ4v) is 1.37. The molecule has 0 saturated heterocycles. The molecule has 0 aliphatic heterocycles. The second kappa shape index (κ2) is 4.10. The van der Waals surface area contributed by atoms with Crippen LogP contribution in [0.15, 0.2) is 30.5 Å². The van der Waals surface area contributed by atoms with E-state index in [9.17, 15) is 0 Å². The molecule has 2 aromatic rings. The van der Waals surface area contributed by atoms with E-state index in [1.54, 1.807) is 7.11 Å². The number of methoxy groups -OCH3 is 1. The Morgan fingerprint density at radius 1 is 1.40 bits per heavy atom. The molecule has 0 fully saturated rings. The van der Waals surface area contributed by atoms with Gasteiger partial charge in [-0.15, -0.1) is 9.90 Å². The lowest BCUT2D eigenvalue weighted by Gasteiger charge is -2.06. The van der Waals surface area contributed by atoms with Gasteiger partial charge >= 0.3 is 0 Å². The first kappa shape index (κ1) is 9.67. The largest absolute Gasteiger partial charge is 0.381 e. The first-order valence-electron chi connectivity index (χ1n) is 4.56. The highest BCUT2D eigenvalue weighted by molar-refractivity contribution is 5.39. The van der Waals surface area contributed by atoms with E-state index in [2.05, 4.69) is 10.2 Å². The molecular weight excluding hydrogens is 192 g/mol. The number of benzene rings is 1. The van der Waals surface area contributed by atoms with E-state index in [1.165, 1.54) is 11.0 Å². The van der Waals surface area contributed by atoms with Crippen LogP contribution in [0.2, 0.25) is 0 Å². The highest BCUT2D eigenvalue weighted by atomic mass is 16.5. The van der Waals surface area contributed by atoms with Crippen LogP contribution in [0.25, 0.3) is 5.69 Å². The monoisotopic (exact) mass is 204 g/mol. The number of ether oxygens (including phenoxy) is 1. The van der Waals surface area contributed by atoms with Gasteiger partial charge in [-0.25, -0.2) is 0 Å². The molecule has 1 heterocycles. The number of para-hydroxylation sites is 1. The number of hydrogen-bond donors (Lipinski definition) is 1. The zero-order valence-corrected chi connectivity index (χ0v) is 8.42. The van der Waals surface area contributed by atoms with Crippen LogP contribution in [0.1, 0.15) is 5.56 Å². The fraction of sp³-hybridized carbons (Fsp3) is 0.200. The smallest absolute Gasteiger partial charge is 0.166 e. The molecular formula is C10H12N4O. The molecule has 0 amide bonds. The third-order valence-corrected chi connectivity index (χ3v) is 2.02. The van der Waals surface area contributed by atoms with Crippen LogP contribution in [0.5, 0.6) is 0 Å². The zero-order valence-electron chi connectivity index (χ0n) is 8.42. The van der Waals surface area contributed by atoms with Crippen LogP contribution in [0.3, 0.4) is 0 Å². The number of aromatic nitrogens is 3. The van der Waals surface area contributed by atoms with Gasteiger partial charge in [0.1, 0.15) is 0 Å². The van der Waals surface area contributed by atoms with Crippen molar-refractivity contribution in [2.75, 3.05) is 12.8 Å². The molecule has 0 atom stereocenters. The SMILES string of the molecule is COCc1ccccc1-n1ncc(N)n1. The number of nitrogen functional groups attached to an aromatic ring is 1. The van der Waals surface area contributed by atoms with Crippen molar-refractivity contribution in [1.82, 2.24) is 15.0 Å². The summed E-state index contributed by atoms with van der Waals surface area (Å²) in [6.45, 7) is 0.525. The molecule has 0 aliphatic carbocycles. The van der Waals surface area contributed by atoms with Gasteiger partial charge in [-0.3, -0.25) is 0 Å². The van der Waals surface area contributed by atoms with Crippen LogP contribution in [-0.4, -0.2) is 22.1 Å². The van der Waals surface area contributed by atoms with Crippen molar-refractivity contribution >= 4 is 5.82 Å². The van der Waals surface area contributed by atoms with Crippen LogP contribution in [0.4, 0.5) is 5.82 Å². The van der Waals surface area contributed by atoms with E-state index in [1.807, 2.05) is 24.3 Å². The van der Waals surface area contributed by atoms with Crippen LogP contribution in [0, 0.1) is 0 Å². The Bertz CT molecular complexity index is 452. The molecule has 0 unspecified atom stereocenters. The lowest BCUT2D eigenvalue weighted by atomic mass is 10.2. The lowest BCUT2D eigenvalue weighted by Crippen LogP contribution is -2.04. The molecule has 78 valence electrons. The van der Waals surface area contributed by atoms with E-state index >= 15 is 0 Å². The molecule has 0 spiro atoms. The summed E-state index contributed by atoms with van der Waals surface area (Å²) >= 11 is 0. The maximum absolute atomic E-state index is 5.51. The molecule has 2 N–H and O–H groups in total. The third kappa shape index (κ3) is 1.97. The van der Waals surface area contributed by atoms with E-state index in [-0.39, 0.29) is 0 Å². The average Bonchev–Trinajstić information content (AvgIpc) is 2.66. The summed E-state index contributed by atoms with van der Waals surface area (Å²) < 4.78 is 5.10. The van der Waals surface area contributed by atoms with Gasteiger partial charge in [0.15, 0.2) is 5.82 Å². The summed E-state index contributed by atoms with van der Waals surface area (Å²) in [5.74, 6) is 0.405. The molecule has 15 heavy (non-hydrogen) atoms. The van der Waals surface area contributed by atoms with E-state index < -0.39 is 0 Å². The van der Waals surface area contributed by atoms with Gasteiger partial charge in [0.05, 0.1) is 18.5 Å². The fourth-order valence-electron chi connectivity index (χ4n) is 1.37. The van der Waals surface area contributed by atoms with Crippen LogP contribution < -0.4 is 5.73 Å². The van der Waals surface area contributed by atoms with Crippen molar-refractivity contribution < 1.29 is 4.74 Å². The van der Waals surface area contributed by atoms with Crippen LogP contribution in [-0.2, 0) is 11.3 Å². The predicted molar refractivity (Wildman–Crippen MR) is 56.5 cm³/mol. The molecule has 5 heteroatoms.